The summed E-state index contributed by atoms with van der Waals surface area (Å²) >= 11 is 6.80. The molecule has 0 saturated heterocycles. The molecular formula is C11H10Br2N2O. The van der Waals surface area contributed by atoms with Gasteiger partial charge in [-0.25, -0.2) is 4.68 Å². The number of hydrogen-bond acceptors (Lipinski definition) is 2. The third-order valence-electron chi connectivity index (χ3n) is 2.10. The van der Waals surface area contributed by atoms with Crippen LogP contribution in [0.1, 0.15) is 5.56 Å². The topological polar surface area (TPSA) is 27.1 Å². The minimum Gasteiger partial charge on any atom is -0.380 e. The first-order chi connectivity index (χ1) is 7.70. The van der Waals surface area contributed by atoms with Gasteiger partial charge < -0.3 is 4.74 Å². The zero-order chi connectivity index (χ0) is 11.5. The van der Waals surface area contributed by atoms with Crippen molar-refractivity contribution in [2.75, 3.05) is 7.11 Å². The van der Waals surface area contributed by atoms with Crippen LogP contribution in [-0.4, -0.2) is 16.9 Å². The number of hydrogen-bond donors (Lipinski definition) is 0. The van der Waals surface area contributed by atoms with Crippen molar-refractivity contribution in [3.63, 3.8) is 0 Å². The van der Waals surface area contributed by atoms with Crippen molar-refractivity contribution < 1.29 is 4.74 Å². The van der Waals surface area contributed by atoms with Crippen molar-refractivity contribution >= 4 is 31.9 Å². The second kappa shape index (κ2) is 5.12. The van der Waals surface area contributed by atoms with E-state index in [1.54, 1.807) is 7.11 Å². The summed E-state index contributed by atoms with van der Waals surface area (Å²) in [6.45, 7) is 0.605. The summed E-state index contributed by atoms with van der Waals surface area (Å²) in [5.74, 6) is 0. The van der Waals surface area contributed by atoms with E-state index in [1.165, 1.54) is 0 Å². The molecule has 0 atom stereocenters. The molecule has 1 heterocycles. The van der Waals surface area contributed by atoms with Crippen molar-refractivity contribution in [1.82, 2.24) is 9.78 Å². The molecule has 0 aliphatic rings. The number of halogens is 2. The maximum atomic E-state index is 5.10. The lowest BCUT2D eigenvalue weighted by atomic mass is 10.2. The predicted octanol–water partition coefficient (Wildman–Crippen LogP) is 3.54. The molecule has 0 spiro atoms. The molecule has 0 amide bonds. The molecule has 0 saturated carbocycles. The quantitative estimate of drug-likeness (QED) is 0.850. The Morgan fingerprint density at radius 2 is 2.12 bits per heavy atom. The number of ether oxygens (including phenoxy) is 1. The Balaban J connectivity index is 2.40. The minimum absolute atomic E-state index is 0.605. The monoisotopic (exact) mass is 344 g/mol. The number of rotatable bonds is 3. The Hall–Kier alpha value is -0.650. The molecule has 0 radical (unpaired) electrons. The molecule has 84 valence electrons. The van der Waals surface area contributed by atoms with Gasteiger partial charge in [-0.3, -0.25) is 0 Å². The lowest BCUT2D eigenvalue weighted by Gasteiger charge is -2.05. The van der Waals surface area contributed by atoms with Crippen LogP contribution in [0.25, 0.3) is 5.69 Å². The molecule has 16 heavy (non-hydrogen) atoms. The Morgan fingerprint density at radius 1 is 1.31 bits per heavy atom. The van der Waals surface area contributed by atoms with E-state index in [1.807, 2.05) is 35.0 Å². The second-order valence-corrected chi connectivity index (χ2v) is 4.93. The van der Waals surface area contributed by atoms with Crippen LogP contribution in [0.2, 0.25) is 0 Å². The van der Waals surface area contributed by atoms with Gasteiger partial charge in [0.05, 0.1) is 12.3 Å². The lowest BCUT2D eigenvalue weighted by Crippen LogP contribution is -1.98. The van der Waals surface area contributed by atoms with Crippen LogP contribution in [-0.2, 0) is 11.3 Å². The largest absolute Gasteiger partial charge is 0.380 e. The van der Waals surface area contributed by atoms with E-state index >= 15 is 0 Å². The third-order valence-corrected chi connectivity index (χ3v) is 3.05. The van der Waals surface area contributed by atoms with Crippen molar-refractivity contribution in [2.45, 2.75) is 6.61 Å². The van der Waals surface area contributed by atoms with Gasteiger partial charge >= 0.3 is 0 Å². The van der Waals surface area contributed by atoms with Crippen LogP contribution >= 0.6 is 31.9 Å². The Bertz CT molecular complexity index is 496. The van der Waals surface area contributed by atoms with Gasteiger partial charge in [-0.05, 0) is 49.6 Å². The highest BCUT2D eigenvalue weighted by Crippen LogP contribution is 2.21. The second-order valence-electron chi connectivity index (χ2n) is 3.30. The van der Waals surface area contributed by atoms with E-state index in [2.05, 4.69) is 37.0 Å². The van der Waals surface area contributed by atoms with Gasteiger partial charge in [-0.1, -0.05) is 12.1 Å². The molecule has 2 rings (SSSR count). The van der Waals surface area contributed by atoms with Gasteiger partial charge in [0.25, 0.3) is 0 Å². The van der Waals surface area contributed by atoms with Crippen LogP contribution in [0.5, 0.6) is 0 Å². The van der Waals surface area contributed by atoms with Gasteiger partial charge in [0.2, 0.25) is 0 Å². The standard InChI is InChI=1S/C11H10Br2N2O/c1-16-7-8-3-2-4-9(5-8)15-11(13)6-10(12)14-15/h2-6H,7H2,1H3. The maximum Gasteiger partial charge on any atom is 0.129 e. The maximum absolute atomic E-state index is 5.10. The van der Waals surface area contributed by atoms with Crippen molar-refractivity contribution in [2.24, 2.45) is 0 Å². The van der Waals surface area contributed by atoms with E-state index in [0.29, 0.717) is 6.61 Å². The molecule has 0 aliphatic carbocycles. The van der Waals surface area contributed by atoms with Crippen molar-refractivity contribution in [3.05, 3.63) is 45.1 Å². The Labute approximate surface area is 111 Å². The van der Waals surface area contributed by atoms with E-state index in [9.17, 15) is 0 Å². The Kier molecular flexibility index (Phi) is 3.78. The van der Waals surface area contributed by atoms with E-state index in [-0.39, 0.29) is 0 Å². The minimum atomic E-state index is 0.605. The molecule has 3 nitrogen and oxygen atoms in total. The van der Waals surface area contributed by atoms with Gasteiger partial charge in [0.1, 0.15) is 9.21 Å². The fourth-order valence-electron chi connectivity index (χ4n) is 1.46. The highest BCUT2D eigenvalue weighted by molar-refractivity contribution is 9.11. The van der Waals surface area contributed by atoms with Crippen molar-refractivity contribution in [1.29, 1.82) is 0 Å². The van der Waals surface area contributed by atoms with Gasteiger partial charge in [0.15, 0.2) is 0 Å². The van der Waals surface area contributed by atoms with E-state index < -0.39 is 0 Å². The molecule has 0 aliphatic heterocycles. The SMILES string of the molecule is COCc1cccc(-n2nc(Br)cc2Br)c1. The fourth-order valence-corrected chi connectivity index (χ4v) is 2.64. The summed E-state index contributed by atoms with van der Waals surface area (Å²) < 4.78 is 8.64. The molecule has 1 aromatic heterocycles. The number of benzene rings is 1. The summed E-state index contributed by atoms with van der Waals surface area (Å²) in [7, 11) is 1.69. The van der Waals surface area contributed by atoms with E-state index in [0.717, 1.165) is 20.5 Å². The molecule has 0 fully saturated rings. The predicted molar refractivity (Wildman–Crippen MR) is 69.7 cm³/mol. The molecular weight excluding hydrogens is 336 g/mol. The summed E-state index contributed by atoms with van der Waals surface area (Å²) in [6, 6.07) is 9.98. The van der Waals surface area contributed by atoms with Gasteiger partial charge in [-0.2, -0.15) is 5.10 Å². The van der Waals surface area contributed by atoms with Crippen LogP contribution < -0.4 is 0 Å². The highest BCUT2D eigenvalue weighted by atomic mass is 79.9. The molecule has 0 unspecified atom stereocenters. The van der Waals surface area contributed by atoms with Crippen LogP contribution in [0.4, 0.5) is 0 Å². The summed E-state index contributed by atoms with van der Waals surface area (Å²) in [6.07, 6.45) is 0. The average molecular weight is 346 g/mol. The van der Waals surface area contributed by atoms with Crippen LogP contribution in [0.15, 0.2) is 39.5 Å². The third kappa shape index (κ3) is 2.53. The summed E-state index contributed by atoms with van der Waals surface area (Å²) in [5, 5.41) is 4.33. The fraction of sp³-hybridized carbons (Fsp3) is 0.182. The first kappa shape index (κ1) is 11.8. The molecule has 1 aromatic carbocycles. The number of aromatic nitrogens is 2. The molecule has 5 heteroatoms. The molecule has 2 aromatic rings. The first-order valence-corrected chi connectivity index (χ1v) is 6.28. The van der Waals surface area contributed by atoms with Crippen LogP contribution in [0, 0.1) is 0 Å². The van der Waals surface area contributed by atoms with Crippen molar-refractivity contribution in [3.8, 4) is 5.69 Å². The highest BCUT2D eigenvalue weighted by Gasteiger charge is 2.05. The summed E-state index contributed by atoms with van der Waals surface area (Å²) in [5.41, 5.74) is 2.13. The lowest BCUT2D eigenvalue weighted by molar-refractivity contribution is 0.185. The first-order valence-electron chi connectivity index (χ1n) is 4.70. The van der Waals surface area contributed by atoms with Crippen LogP contribution in [0.3, 0.4) is 0 Å². The number of methoxy groups -OCH3 is 1. The Morgan fingerprint density at radius 3 is 2.75 bits per heavy atom. The average Bonchev–Trinajstić information content (AvgIpc) is 2.59. The molecule has 0 bridgehead atoms. The van der Waals surface area contributed by atoms with Gasteiger partial charge in [0, 0.05) is 13.2 Å². The molecule has 0 N–H and O–H groups in total. The zero-order valence-corrected chi connectivity index (χ0v) is 11.8. The smallest absolute Gasteiger partial charge is 0.129 e. The summed E-state index contributed by atoms with van der Waals surface area (Å²) in [4.78, 5) is 0. The number of nitrogens with zero attached hydrogens (tertiary/aromatic N) is 2. The van der Waals surface area contributed by atoms with E-state index in [4.69, 9.17) is 4.74 Å². The zero-order valence-electron chi connectivity index (χ0n) is 8.65. The normalized spacial score (nSPS) is 10.7. The van der Waals surface area contributed by atoms with Gasteiger partial charge in [-0.15, -0.1) is 0 Å².